The van der Waals surface area contributed by atoms with Gasteiger partial charge in [-0.1, -0.05) is 29.3 Å². The average Bonchev–Trinajstić information content (AvgIpc) is 2.42. The first-order chi connectivity index (χ1) is 9.25. The summed E-state index contributed by atoms with van der Waals surface area (Å²) in [7, 11) is 0. The first kappa shape index (κ1) is 14.3. The van der Waals surface area contributed by atoms with Crippen LogP contribution in [0.25, 0.3) is 0 Å². The fraction of sp³-hybridized carbons (Fsp3) is 0.286. The van der Waals surface area contributed by atoms with Crippen molar-refractivity contribution < 1.29 is 4.74 Å². The van der Waals surface area contributed by atoms with Gasteiger partial charge < -0.3 is 4.74 Å². The molecule has 0 aliphatic rings. The predicted molar refractivity (Wildman–Crippen MR) is 76.5 cm³/mol. The monoisotopic (exact) mass is 296 g/mol. The summed E-state index contributed by atoms with van der Waals surface area (Å²) in [6.45, 7) is 1.14. The van der Waals surface area contributed by atoms with Crippen LogP contribution in [0, 0.1) is 0 Å². The maximum absolute atomic E-state index is 5.96. The van der Waals surface area contributed by atoms with Gasteiger partial charge in [-0.2, -0.15) is 0 Å². The van der Waals surface area contributed by atoms with E-state index in [1.165, 1.54) is 5.56 Å². The zero-order valence-electron chi connectivity index (χ0n) is 10.4. The Labute approximate surface area is 122 Å². The fourth-order valence-electron chi connectivity index (χ4n) is 1.66. The molecule has 0 aliphatic heterocycles. The molecule has 2 heterocycles. The van der Waals surface area contributed by atoms with E-state index in [0.717, 1.165) is 18.4 Å². The number of pyridine rings is 2. The molecule has 0 saturated carbocycles. The molecule has 2 aromatic heterocycles. The summed E-state index contributed by atoms with van der Waals surface area (Å²) in [6.07, 6.45) is 5.54. The number of nitrogens with zero attached hydrogens (tertiary/aromatic N) is 2. The molecule has 0 spiro atoms. The third-order valence-electron chi connectivity index (χ3n) is 2.65. The van der Waals surface area contributed by atoms with E-state index < -0.39 is 0 Å². The summed E-state index contributed by atoms with van der Waals surface area (Å²) in [5.41, 5.74) is 2.12. The van der Waals surface area contributed by atoms with Crippen molar-refractivity contribution in [3.63, 3.8) is 0 Å². The first-order valence-corrected chi connectivity index (χ1v) is 6.79. The summed E-state index contributed by atoms with van der Waals surface area (Å²) >= 11 is 11.7. The van der Waals surface area contributed by atoms with Crippen molar-refractivity contribution in [3.8, 4) is 0 Å². The van der Waals surface area contributed by atoms with Crippen LogP contribution in [0.4, 0.5) is 0 Å². The average molecular weight is 297 g/mol. The van der Waals surface area contributed by atoms with E-state index in [4.69, 9.17) is 27.9 Å². The molecule has 0 unspecified atom stereocenters. The third kappa shape index (κ3) is 4.78. The van der Waals surface area contributed by atoms with E-state index in [1.807, 2.05) is 18.2 Å². The lowest BCUT2D eigenvalue weighted by molar-refractivity contribution is 0.118. The predicted octanol–water partition coefficient (Wildman–Crippen LogP) is 3.93. The van der Waals surface area contributed by atoms with E-state index in [9.17, 15) is 0 Å². The van der Waals surface area contributed by atoms with Gasteiger partial charge in [0.1, 0.15) is 10.3 Å². The van der Waals surface area contributed by atoms with Crippen LogP contribution in [0.15, 0.2) is 36.7 Å². The van der Waals surface area contributed by atoms with Crippen molar-refractivity contribution >= 4 is 23.2 Å². The zero-order chi connectivity index (χ0) is 13.5. The van der Waals surface area contributed by atoms with Gasteiger partial charge in [-0.3, -0.25) is 4.98 Å². The Kier molecular flexibility index (Phi) is 5.58. The molecule has 19 heavy (non-hydrogen) atoms. The van der Waals surface area contributed by atoms with Crippen molar-refractivity contribution in [1.82, 2.24) is 9.97 Å². The fourth-order valence-corrected chi connectivity index (χ4v) is 2.06. The maximum atomic E-state index is 5.96. The standard InChI is InChI=1S/C14H14Cl2N2O/c15-13-4-3-12(14(16)18-13)10-19-9-1-2-11-5-7-17-8-6-11/h3-8H,1-2,9-10H2. The molecule has 2 rings (SSSR count). The summed E-state index contributed by atoms with van der Waals surface area (Å²) in [5, 5.41) is 0.799. The van der Waals surface area contributed by atoms with Crippen LogP contribution >= 0.6 is 23.2 Å². The zero-order valence-corrected chi connectivity index (χ0v) is 11.9. The molecule has 0 aromatic carbocycles. The Morgan fingerprint density at radius 2 is 1.84 bits per heavy atom. The van der Waals surface area contributed by atoms with Gasteiger partial charge in [0.2, 0.25) is 0 Å². The van der Waals surface area contributed by atoms with Gasteiger partial charge in [0.25, 0.3) is 0 Å². The molecular weight excluding hydrogens is 283 g/mol. The molecule has 0 amide bonds. The van der Waals surface area contributed by atoms with Crippen LogP contribution in [-0.4, -0.2) is 16.6 Å². The van der Waals surface area contributed by atoms with E-state index in [0.29, 0.717) is 23.5 Å². The highest BCUT2D eigenvalue weighted by atomic mass is 35.5. The van der Waals surface area contributed by atoms with Gasteiger partial charge in [-0.15, -0.1) is 0 Å². The summed E-state index contributed by atoms with van der Waals surface area (Å²) in [6, 6.07) is 7.57. The number of aromatic nitrogens is 2. The molecule has 0 atom stereocenters. The highest BCUT2D eigenvalue weighted by Crippen LogP contribution is 2.17. The molecule has 0 fully saturated rings. The van der Waals surface area contributed by atoms with Crippen molar-refractivity contribution in [1.29, 1.82) is 0 Å². The Bertz CT molecular complexity index is 520. The molecule has 0 radical (unpaired) electrons. The van der Waals surface area contributed by atoms with Crippen molar-refractivity contribution in [2.75, 3.05) is 6.61 Å². The summed E-state index contributed by atoms with van der Waals surface area (Å²) < 4.78 is 5.58. The molecule has 0 aliphatic carbocycles. The molecule has 0 bridgehead atoms. The molecular formula is C14H14Cl2N2O. The molecule has 2 aromatic rings. The second kappa shape index (κ2) is 7.43. The van der Waals surface area contributed by atoms with Crippen LogP contribution in [0.5, 0.6) is 0 Å². The third-order valence-corrected chi connectivity index (χ3v) is 3.19. The smallest absolute Gasteiger partial charge is 0.136 e. The molecule has 5 heteroatoms. The SMILES string of the molecule is Clc1ccc(COCCCc2ccncc2)c(Cl)n1. The minimum atomic E-state index is 0.395. The van der Waals surface area contributed by atoms with E-state index in [-0.39, 0.29) is 0 Å². The quantitative estimate of drug-likeness (QED) is 0.598. The minimum Gasteiger partial charge on any atom is -0.377 e. The number of ether oxygens (including phenoxy) is 1. The van der Waals surface area contributed by atoms with Crippen LogP contribution in [-0.2, 0) is 17.8 Å². The van der Waals surface area contributed by atoms with Crippen LogP contribution in [0.1, 0.15) is 17.5 Å². The highest BCUT2D eigenvalue weighted by molar-refractivity contribution is 6.32. The topological polar surface area (TPSA) is 35.0 Å². The second-order valence-electron chi connectivity index (χ2n) is 4.10. The van der Waals surface area contributed by atoms with Gasteiger partial charge in [0, 0.05) is 24.6 Å². The van der Waals surface area contributed by atoms with Crippen LogP contribution in [0.3, 0.4) is 0 Å². The van der Waals surface area contributed by atoms with Crippen molar-refractivity contribution in [2.45, 2.75) is 19.4 Å². The van der Waals surface area contributed by atoms with Gasteiger partial charge in [0.15, 0.2) is 0 Å². The highest BCUT2D eigenvalue weighted by Gasteiger charge is 2.02. The number of halogens is 2. The number of hydrogen-bond donors (Lipinski definition) is 0. The Hall–Kier alpha value is -1.16. The van der Waals surface area contributed by atoms with E-state index in [1.54, 1.807) is 18.5 Å². The van der Waals surface area contributed by atoms with Crippen molar-refractivity contribution in [3.05, 3.63) is 58.1 Å². The first-order valence-electron chi connectivity index (χ1n) is 6.03. The molecule has 100 valence electrons. The van der Waals surface area contributed by atoms with Gasteiger partial charge in [-0.25, -0.2) is 4.98 Å². The lowest BCUT2D eigenvalue weighted by Gasteiger charge is -2.06. The molecule has 0 saturated heterocycles. The van der Waals surface area contributed by atoms with Gasteiger partial charge in [-0.05, 0) is 36.6 Å². The number of aryl methyl sites for hydroxylation is 1. The summed E-state index contributed by atoms with van der Waals surface area (Å²) in [4.78, 5) is 7.95. The molecule has 0 N–H and O–H groups in total. The minimum absolute atomic E-state index is 0.395. The van der Waals surface area contributed by atoms with E-state index in [2.05, 4.69) is 9.97 Å². The molecule has 3 nitrogen and oxygen atoms in total. The largest absolute Gasteiger partial charge is 0.377 e. The number of rotatable bonds is 6. The maximum Gasteiger partial charge on any atom is 0.136 e. The number of hydrogen-bond acceptors (Lipinski definition) is 3. The second-order valence-corrected chi connectivity index (χ2v) is 4.84. The van der Waals surface area contributed by atoms with Gasteiger partial charge in [0.05, 0.1) is 6.61 Å². The lowest BCUT2D eigenvalue weighted by atomic mass is 10.1. The lowest BCUT2D eigenvalue weighted by Crippen LogP contribution is -1.99. The normalized spacial score (nSPS) is 10.6. The van der Waals surface area contributed by atoms with Gasteiger partial charge >= 0.3 is 0 Å². The summed E-state index contributed by atoms with van der Waals surface area (Å²) in [5.74, 6) is 0. The Balaban J connectivity index is 1.69. The van der Waals surface area contributed by atoms with Crippen LogP contribution in [0.2, 0.25) is 10.3 Å². The Morgan fingerprint density at radius 1 is 1.05 bits per heavy atom. The van der Waals surface area contributed by atoms with E-state index >= 15 is 0 Å². The van der Waals surface area contributed by atoms with Crippen molar-refractivity contribution in [2.24, 2.45) is 0 Å². The Morgan fingerprint density at radius 3 is 2.58 bits per heavy atom. The van der Waals surface area contributed by atoms with Crippen LogP contribution < -0.4 is 0 Å².